The van der Waals surface area contributed by atoms with Crippen molar-refractivity contribution >= 4 is 23.0 Å². The van der Waals surface area contributed by atoms with Crippen molar-refractivity contribution in [2.45, 2.75) is 26.8 Å². The molecule has 2 aromatic rings. The lowest BCUT2D eigenvalue weighted by atomic mass is 10.1. The lowest BCUT2D eigenvalue weighted by Crippen LogP contribution is -2.36. The van der Waals surface area contributed by atoms with E-state index in [1.807, 2.05) is 45.0 Å². The average Bonchev–Trinajstić information content (AvgIpc) is 2.65. The van der Waals surface area contributed by atoms with E-state index in [2.05, 4.69) is 33.7 Å². The summed E-state index contributed by atoms with van der Waals surface area (Å²) < 4.78 is 5.41. The van der Waals surface area contributed by atoms with Gasteiger partial charge < -0.3 is 20.3 Å². The summed E-state index contributed by atoms with van der Waals surface area (Å²) in [6, 6.07) is 13.9. The van der Waals surface area contributed by atoms with Crippen LogP contribution in [0.1, 0.15) is 18.1 Å². The molecule has 5 nitrogen and oxygen atoms in total. The zero-order chi connectivity index (χ0) is 18.5. The predicted octanol–water partition coefficient (Wildman–Crippen LogP) is 3.58. The van der Waals surface area contributed by atoms with Gasteiger partial charge in [0.05, 0.1) is 13.2 Å². The summed E-state index contributed by atoms with van der Waals surface area (Å²) in [5, 5.41) is 6.31. The molecular formula is C21H27N3O2. The topological polar surface area (TPSA) is 53.6 Å². The highest BCUT2D eigenvalue weighted by molar-refractivity contribution is 5.96. The van der Waals surface area contributed by atoms with Crippen LogP contribution >= 0.6 is 0 Å². The van der Waals surface area contributed by atoms with Gasteiger partial charge in [0.25, 0.3) is 0 Å². The fourth-order valence-corrected chi connectivity index (χ4v) is 3.12. The smallest absolute Gasteiger partial charge is 0.246 e. The second-order valence-corrected chi connectivity index (χ2v) is 6.82. The van der Waals surface area contributed by atoms with Gasteiger partial charge in [-0.05, 0) is 50.6 Å². The molecule has 5 heteroatoms. The molecule has 2 N–H and O–H groups in total. The number of carbonyl (C=O) groups is 1. The molecule has 0 radical (unpaired) electrons. The van der Waals surface area contributed by atoms with Crippen LogP contribution in [0.5, 0.6) is 0 Å². The molecule has 1 saturated heterocycles. The first-order valence-electron chi connectivity index (χ1n) is 9.10. The van der Waals surface area contributed by atoms with Gasteiger partial charge in [0.1, 0.15) is 6.04 Å². The van der Waals surface area contributed by atoms with Gasteiger partial charge >= 0.3 is 0 Å². The quantitative estimate of drug-likeness (QED) is 0.863. The molecular weight excluding hydrogens is 326 g/mol. The Morgan fingerprint density at radius 3 is 2.62 bits per heavy atom. The second-order valence-electron chi connectivity index (χ2n) is 6.82. The zero-order valence-electron chi connectivity index (χ0n) is 15.7. The van der Waals surface area contributed by atoms with Crippen molar-refractivity contribution in [2.24, 2.45) is 0 Å². The van der Waals surface area contributed by atoms with E-state index in [1.54, 1.807) is 0 Å². The van der Waals surface area contributed by atoms with E-state index in [0.29, 0.717) is 0 Å². The number of nitrogens with one attached hydrogen (secondary N) is 2. The third-order valence-corrected chi connectivity index (χ3v) is 4.64. The van der Waals surface area contributed by atoms with Gasteiger partial charge in [-0.15, -0.1) is 0 Å². The Hall–Kier alpha value is -2.53. The van der Waals surface area contributed by atoms with Gasteiger partial charge in [-0.1, -0.05) is 23.8 Å². The summed E-state index contributed by atoms with van der Waals surface area (Å²) in [4.78, 5) is 14.8. The first kappa shape index (κ1) is 18.3. The van der Waals surface area contributed by atoms with Crippen LogP contribution in [0.2, 0.25) is 0 Å². The van der Waals surface area contributed by atoms with E-state index in [9.17, 15) is 4.79 Å². The van der Waals surface area contributed by atoms with Crippen LogP contribution in [0.3, 0.4) is 0 Å². The maximum atomic E-state index is 12.5. The molecule has 1 aliphatic heterocycles. The van der Waals surface area contributed by atoms with Crippen molar-refractivity contribution in [1.82, 2.24) is 0 Å². The number of anilines is 3. The number of ether oxygens (including phenoxy) is 1. The van der Waals surface area contributed by atoms with E-state index >= 15 is 0 Å². The van der Waals surface area contributed by atoms with Crippen LogP contribution in [-0.4, -0.2) is 38.3 Å². The molecule has 1 heterocycles. The van der Waals surface area contributed by atoms with Gasteiger partial charge in [0.2, 0.25) is 5.91 Å². The minimum atomic E-state index is -0.337. The summed E-state index contributed by atoms with van der Waals surface area (Å²) in [5.74, 6) is -0.0475. The van der Waals surface area contributed by atoms with E-state index in [0.717, 1.165) is 48.9 Å². The zero-order valence-corrected chi connectivity index (χ0v) is 15.7. The Morgan fingerprint density at radius 1 is 1.12 bits per heavy atom. The first-order valence-corrected chi connectivity index (χ1v) is 9.10. The Bertz CT molecular complexity index is 770. The Labute approximate surface area is 155 Å². The molecule has 2 aromatic carbocycles. The molecule has 0 aromatic heterocycles. The maximum Gasteiger partial charge on any atom is 0.246 e. The Morgan fingerprint density at radius 2 is 1.88 bits per heavy atom. The summed E-state index contributed by atoms with van der Waals surface area (Å²) in [6.45, 7) is 9.23. The maximum absolute atomic E-state index is 12.5. The lowest BCUT2D eigenvalue weighted by molar-refractivity contribution is -0.116. The average molecular weight is 353 g/mol. The summed E-state index contributed by atoms with van der Waals surface area (Å²) in [6.07, 6.45) is 0. The molecule has 26 heavy (non-hydrogen) atoms. The first-order chi connectivity index (χ1) is 12.5. The van der Waals surface area contributed by atoms with E-state index in [4.69, 9.17) is 4.74 Å². The van der Waals surface area contributed by atoms with Gasteiger partial charge in [-0.2, -0.15) is 0 Å². The molecule has 0 bridgehead atoms. The number of morpholine rings is 1. The van der Waals surface area contributed by atoms with Crippen molar-refractivity contribution < 1.29 is 9.53 Å². The van der Waals surface area contributed by atoms with Crippen molar-refractivity contribution in [2.75, 3.05) is 41.8 Å². The van der Waals surface area contributed by atoms with Gasteiger partial charge in [-0.3, -0.25) is 4.79 Å². The third kappa shape index (κ3) is 4.55. The second kappa shape index (κ2) is 8.23. The molecule has 138 valence electrons. The lowest BCUT2D eigenvalue weighted by Gasteiger charge is -2.29. The predicted molar refractivity (Wildman–Crippen MR) is 107 cm³/mol. The summed E-state index contributed by atoms with van der Waals surface area (Å²) in [5.41, 5.74) is 5.21. The molecule has 0 saturated carbocycles. The fourth-order valence-electron chi connectivity index (χ4n) is 3.12. The van der Waals surface area contributed by atoms with Crippen molar-refractivity contribution in [3.05, 3.63) is 53.6 Å². The summed E-state index contributed by atoms with van der Waals surface area (Å²) >= 11 is 0. The Kier molecular flexibility index (Phi) is 5.78. The normalized spacial score (nSPS) is 15.4. The van der Waals surface area contributed by atoms with Gasteiger partial charge in [0, 0.05) is 30.2 Å². The van der Waals surface area contributed by atoms with Gasteiger partial charge in [-0.25, -0.2) is 0 Å². The number of rotatable bonds is 5. The largest absolute Gasteiger partial charge is 0.378 e. The van der Waals surface area contributed by atoms with Gasteiger partial charge in [0.15, 0.2) is 0 Å². The highest BCUT2D eigenvalue weighted by Gasteiger charge is 2.15. The molecule has 0 spiro atoms. The highest BCUT2D eigenvalue weighted by Crippen LogP contribution is 2.21. The number of benzene rings is 2. The van der Waals surface area contributed by atoms with Crippen molar-refractivity contribution in [3.63, 3.8) is 0 Å². The van der Waals surface area contributed by atoms with Crippen LogP contribution in [0.15, 0.2) is 42.5 Å². The van der Waals surface area contributed by atoms with Crippen molar-refractivity contribution in [1.29, 1.82) is 0 Å². The number of carbonyl (C=O) groups excluding carboxylic acids is 1. The van der Waals surface area contributed by atoms with Crippen LogP contribution in [0.25, 0.3) is 0 Å². The summed E-state index contributed by atoms with van der Waals surface area (Å²) in [7, 11) is 0. The standard InChI is InChI=1S/C21H27N3O2/c1-15-7-8-20(16(2)13-15)23-21(25)17(3)22-18-5-4-6-19(14-18)24-9-11-26-12-10-24/h4-8,13-14,17,22H,9-12H2,1-3H3,(H,23,25). The molecule has 1 unspecified atom stereocenters. The van der Waals surface area contributed by atoms with Crippen LogP contribution in [0.4, 0.5) is 17.1 Å². The number of hydrogen-bond acceptors (Lipinski definition) is 4. The van der Waals surface area contributed by atoms with E-state index < -0.39 is 0 Å². The number of hydrogen-bond donors (Lipinski definition) is 2. The molecule has 1 aliphatic rings. The van der Waals surface area contributed by atoms with Crippen LogP contribution in [0, 0.1) is 13.8 Å². The highest BCUT2D eigenvalue weighted by atomic mass is 16.5. The number of nitrogens with zero attached hydrogens (tertiary/aromatic N) is 1. The molecule has 3 rings (SSSR count). The minimum absolute atomic E-state index is 0.0475. The van der Waals surface area contributed by atoms with Crippen LogP contribution < -0.4 is 15.5 Å². The fraction of sp³-hybridized carbons (Fsp3) is 0.381. The SMILES string of the molecule is Cc1ccc(NC(=O)C(C)Nc2cccc(N3CCOCC3)c2)c(C)c1. The van der Waals surface area contributed by atoms with Crippen molar-refractivity contribution in [3.8, 4) is 0 Å². The van der Waals surface area contributed by atoms with Crippen LogP contribution in [-0.2, 0) is 9.53 Å². The third-order valence-electron chi connectivity index (χ3n) is 4.64. The molecule has 0 aliphatic carbocycles. The molecule has 1 atom stereocenters. The molecule has 1 amide bonds. The minimum Gasteiger partial charge on any atom is -0.378 e. The Balaban J connectivity index is 1.63. The monoisotopic (exact) mass is 353 g/mol. The van der Waals surface area contributed by atoms with E-state index in [-0.39, 0.29) is 11.9 Å². The number of aryl methyl sites for hydroxylation is 2. The van der Waals surface area contributed by atoms with E-state index in [1.165, 1.54) is 5.56 Å². The number of amides is 1. The molecule has 1 fully saturated rings.